The van der Waals surface area contributed by atoms with Crippen LogP contribution in [-0.2, 0) is 13.0 Å². The smallest absolute Gasteiger partial charge is 0.191 e. The number of nitrogens with one attached hydrogen (secondary N) is 2. The van der Waals surface area contributed by atoms with E-state index in [0.717, 1.165) is 36.2 Å². The summed E-state index contributed by atoms with van der Waals surface area (Å²) in [6.07, 6.45) is 3.25. The van der Waals surface area contributed by atoms with Gasteiger partial charge >= 0.3 is 0 Å². The van der Waals surface area contributed by atoms with Crippen LogP contribution in [0, 0.1) is 5.92 Å². The third-order valence-corrected chi connectivity index (χ3v) is 3.18. The summed E-state index contributed by atoms with van der Waals surface area (Å²) in [6.45, 7) is 9.33. The zero-order valence-corrected chi connectivity index (χ0v) is 13.4. The number of guanidine groups is 1. The van der Waals surface area contributed by atoms with Crippen molar-refractivity contribution in [3.8, 4) is 0 Å². The Balaban J connectivity index is 2.36. The lowest BCUT2D eigenvalue weighted by atomic mass is 10.0. The Bertz CT molecular complexity index is 412. The minimum absolute atomic E-state index is 0.407. The molecule has 0 aliphatic rings. The second-order valence-electron chi connectivity index (χ2n) is 5.58. The van der Waals surface area contributed by atoms with Crippen LogP contribution in [0.2, 0.25) is 0 Å². The Morgan fingerprint density at radius 1 is 1.35 bits per heavy atom. The van der Waals surface area contributed by atoms with Crippen molar-refractivity contribution in [2.24, 2.45) is 10.9 Å². The minimum Gasteiger partial charge on any atom is -0.359 e. The molecule has 0 saturated heterocycles. The van der Waals surface area contributed by atoms with Crippen molar-refractivity contribution in [1.29, 1.82) is 0 Å². The van der Waals surface area contributed by atoms with Crippen LogP contribution in [0.3, 0.4) is 0 Å². The number of nitrogens with zero attached hydrogens (tertiary/aromatic N) is 2. The minimum atomic E-state index is 0.407. The van der Waals surface area contributed by atoms with Gasteiger partial charge in [-0.2, -0.15) is 0 Å². The van der Waals surface area contributed by atoms with Crippen molar-refractivity contribution in [3.63, 3.8) is 0 Å². The largest absolute Gasteiger partial charge is 0.359 e. The fourth-order valence-electron chi connectivity index (χ4n) is 1.86. The quantitative estimate of drug-likeness (QED) is 0.595. The molecule has 0 aliphatic carbocycles. The van der Waals surface area contributed by atoms with Crippen molar-refractivity contribution in [3.05, 3.63) is 17.5 Å². The predicted molar refractivity (Wildman–Crippen MR) is 82.7 cm³/mol. The van der Waals surface area contributed by atoms with Gasteiger partial charge in [-0.05, 0) is 32.1 Å². The van der Waals surface area contributed by atoms with E-state index in [-0.39, 0.29) is 0 Å². The molecule has 0 amide bonds. The molecular formula is C15H28N4O. The molecule has 114 valence electrons. The summed E-state index contributed by atoms with van der Waals surface area (Å²) in [4.78, 5) is 4.23. The van der Waals surface area contributed by atoms with E-state index in [9.17, 15) is 0 Å². The SMILES string of the molecule is CCc1cc(CNC(=NC)NC(C)CCC(C)C)on1. The summed E-state index contributed by atoms with van der Waals surface area (Å²) in [5.41, 5.74) is 0.982. The lowest BCUT2D eigenvalue weighted by molar-refractivity contribution is 0.374. The van der Waals surface area contributed by atoms with Gasteiger partial charge in [0.2, 0.25) is 0 Å². The molecule has 1 atom stereocenters. The van der Waals surface area contributed by atoms with Gasteiger partial charge in [-0.15, -0.1) is 0 Å². The van der Waals surface area contributed by atoms with Gasteiger partial charge in [0.15, 0.2) is 11.7 Å². The van der Waals surface area contributed by atoms with Crippen LogP contribution < -0.4 is 10.6 Å². The molecule has 1 aromatic heterocycles. The molecule has 0 saturated carbocycles. The van der Waals surface area contributed by atoms with E-state index in [2.05, 4.69) is 48.5 Å². The molecule has 5 heteroatoms. The van der Waals surface area contributed by atoms with Crippen molar-refractivity contribution < 1.29 is 4.52 Å². The van der Waals surface area contributed by atoms with Crippen LogP contribution in [0.15, 0.2) is 15.6 Å². The summed E-state index contributed by atoms with van der Waals surface area (Å²) >= 11 is 0. The molecule has 2 N–H and O–H groups in total. The lowest BCUT2D eigenvalue weighted by Crippen LogP contribution is -2.41. The highest BCUT2D eigenvalue weighted by Crippen LogP contribution is 2.06. The second kappa shape index (κ2) is 8.61. The average molecular weight is 280 g/mol. The highest BCUT2D eigenvalue weighted by atomic mass is 16.5. The molecule has 0 radical (unpaired) electrons. The summed E-state index contributed by atoms with van der Waals surface area (Å²) in [5.74, 6) is 2.37. The van der Waals surface area contributed by atoms with Gasteiger partial charge in [-0.3, -0.25) is 4.99 Å². The number of aromatic nitrogens is 1. The Hall–Kier alpha value is -1.52. The van der Waals surface area contributed by atoms with Gasteiger partial charge in [0, 0.05) is 19.2 Å². The second-order valence-corrected chi connectivity index (χ2v) is 5.58. The van der Waals surface area contributed by atoms with Gasteiger partial charge in [-0.25, -0.2) is 0 Å². The van der Waals surface area contributed by atoms with Gasteiger partial charge in [0.25, 0.3) is 0 Å². The van der Waals surface area contributed by atoms with E-state index in [1.165, 1.54) is 6.42 Å². The first-order chi connectivity index (χ1) is 9.55. The number of rotatable bonds is 7. The van der Waals surface area contributed by atoms with Gasteiger partial charge in [-0.1, -0.05) is 25.9 Å². The highest BCUT2D eigenvalue weighted by molar-refractivity contribution is 5.79. The van der Waals surface area contributed by atoms with Crippen molar-refractivity contribution in [2.75, 3.05) is 7.05 Å². The van der Waals surface area contributed by atoms with Crippen LogP contribution >= 0.6 is 0 Å². The Kier molecular flexibility index (Phi) is 7.12. The monoisotopic (exact) mass is 280 g/mol. The molecule has 1 aromatic rings. The van der Waals surface area contributed by atoms with Crippen molar-refractivity contribution in [2.45, 2.75) is 59.5 Å². The normalized spacial score (nSPS) is 13.6. The van der Waals surface area contributed by atoms with E-state index in [1.807, 2.05) is 6.07 Å². The molecule has 0 aromatic carbocycles. The van der Waals surface area contributed by atoms with Crippen molar-refractivity contribution >= 4 is 5.96 Å². The average Bonchev–Trinajstić information content (AvgIpc) is 2.89. The molecule has 1 unspecified atom stereocenters. The zero-order valence-electron chi connectivity index (χ0n) is 13.4. The summed E-state index contributed by atoms with van der Waals surface area (Å²) in [5, 5.41) is 10.6. The molecule has 1 rings (SSSR count). The van der Waals surface area contributed by atoms with Gasteiger partial charge in [0.1, 0.15) is 0 Å². The number of hydrogen-bond acceptors (Lipinski definition) is 3. The Morgan fingerprint density at radius 2 is 2.10 bits per heavy atom. The molecule has 0 aliphatic heterocycles. The standard InChI is InChI=1S/C15H28N4O/c1-6-13-9-14(20-19-13)10-17-15(16-5)18-12(4)8-7-11(2)3/h9,11-12H,6-8,10H2,1-5H3,(H2,16,17,18). The molecule has 0 spiro atoms. The van der Waals surface area contributed by atoms with E-state index in [0.29, 0.717) is 12.6 Å². The number of aryl methyl sites for hydroxylation is 1. The first kappa shape index (κ1) is 16.5. The maximum Gasteiger partial charge on any atom is 0.191 e. The third-order valence-electron chi connectivity index (χ3n) is 3.18. The third kappa shape index (κ3) is 6.08. The lowest BCUT2D eigenvalue weighted by Gasteiger charge is -2.18. The summed E-state index contributed by atoms with van der Waals surface area (Å²) < 4.78 is 5.24. The Morgan fingerprint density at radius 3 is 2.65 bits per heavy atom. The number of aliphatic imine (C=N–C) groups is 1. The van der Waals surface area contributed by atoms with Crippen LogP contribution in [0.4, 0.5) is 0 Å². The molecule has 1 heterocycles. The van der Waals surface area contributed by atoms with E-state index < -0.39 is 0 Å². The van der Waals surface area contributed by atoms with Gasteiger partial charge < -0.3 is 15.2 Å². The topological polar surface area (TPSA) is 62.5 Å². The van der Waals surface area contributed by atoms with Gasteiger partial charge in [0.05, 0.1) is 12.2 Å². The Labute approximate surface area is 122 Å². The predicted octanol–water partition coefficient (Wildman–Crippen LogP) is 2.73. The molecular weight excluding hydrogens is 252 g/mol. The first-order valence-electron chi connectivity index (χ1n) is 7.46. The fourth-order valence-corrected chi connectivity index (χ4v) is 1.86. The van der Waals surface area contributed by atoms with Crippen LogP contribution in [0.5, 0.6) is 0 Å². The molecule has 5 nitrogen and oxygen atoms in total. The molecule has 0 fully saturated rings. The maximum atomic E-state index is 5.24. The fraction of sp³-hybridized carbons (Fsp3) is 0.733. The highest BCUT2D eigenvalue weighted by Gasteiger charge is 2.08. The maximum absolute atomic E-state index is 5.24. The summed E-state index contributed by atoms with van der Waals surface area (Å²) in [6, 6.07) is 2.38. The summed E-state index contributed by atoms with van der Waals surface area (Å²) in [7, 11) is 1.78. The van der Waals surface area contributed by atoms with Crippen LogP contribution in [-0.4, -0.2) is 24.2 Å². The molecule has 0 bridgehead atoms. The van der Waals surface area contributed by atoms with Crippen molar-refractivity contribution in [1.82, 2.24) is 15.8 Å². The molecule has 20 heavy (non-hydrogen) atoms. The van der Waals surface area contributed by atoms with Crippen LogP contribution in [0.25, 0.3) is 0 Å². The van der Waals surface area contributed by atoms with E-state index in [4.69, 9.17) is 4.52 Å². The van der Waals surface area contributed by atoms with E-state index in [1.54, 1.807) is 7.05 Å². The van der Waals surface area contributed by atoms with Crippen LogP contribution in [0.1, 0.15) is 52.0 Å². The van der Waals surface area contributed by atoms with E-state index >= 15 is 0 Å². The first-order valence-corrected chi connectivity index (χ1v) is 7.46. The number of hydrogen-bond donors (Lipinski definition) is 2. The zero-order chi connectivity index (χ0) is 15.0.